The Bertz CT molecular complexity index is 1010. The number of fused-ring (bicyclic) bond motifs is 1. The van der Waals surface area contributed by atoms with Crippen LogP contribution in [0.4, 0.5) is 5.13 Å². The van der Waals surface area contributed by atoms with Crippen molar-refractivity contribution < 1.29 is 0 Å². The summed E-state index contributed by atoms with van der Waals surface area (Å²) in [6.45, 7) is 4.93. The maximum Gasteiger partial charge on any atom is 0.234 e. The van der Waals surface area contributed by atoms with Crippen molar-refractivity contribution in [1.29, 1.82) is 0 Å². The molecule has 4 aromatic heterocycles. The van der Waals surface area contributed by atoms with Crippen molar-refractivity contribution in [3.05, 3.63) is 51.7 Å². The molecule has 9 heteroatoms. The number of anilines is 1. The van der Waals surface area contributed by atoms with Gasteiger partial charge in [0.2, 0.25) is 10.9 Å². The molecule has 1 N–H and O–H groups in total. The van der Waals surface area contributed by atoms with E-state index >= 15 is 0 Å². The molecule has 0 fully saturated rings. The minimum atomic E-state index is 0.756. The molecule has 0 saturated heterocycles. The first-order valence-electron chi connectivity index (χ1n) is 8.22. The molecule has 0 aliphatic heterocycles. The van der Waals surface area contributed by atoms with E-state index in [1.165, 1.54) is 4.88 Å². The van der Waals surface area contributed by atoms with Gasteiger partial charge in [-0.3, -0.25) is 4.40 Å². The number of aromatic nitrogens is 5. The molecule has 134 valence electrons. The lowest BCUT2D eigenvalue weighted by atomic mass is 10.3. The molecular weight excluding hydrogens is 384 g/mol. The standard InChI is InChI=1S/C17H18N6S3/c1-11-8-12(2)23-9-13(20-15(23)19-11)10-25-17-22-21-16(26-17)18-6-5-14-4-3-7-24-14/h3-4,7-9H,5-6,10H2,1-2H3,(H,18,21). The second-order valence-corrected chi connectivity index (χ2v) is 9.09. The number of nitrogens with zero attached hydrogens (tertiary/aromatic N) is 5. The van der Waals surface area contributed by atoms with Gasteiger partial charge in [0, 0.05) is 34.8 Å². The van der Waals surface area contributed by atoms with E-state index in [9.17, 15) is 0 Å². The number of imidazole rings is 1. The van der Waals surface area contributed by atoms with E-state index in [0.29, 0.717) is 0 Å². The first-order valence-corrected chi connectivity index (χ1v) is 10.9. The van der Waals surface area contributed by atoms with Crippen molar-refractivity contribution in [3.8, 4) is 0 Å². The maximum atomic E-state index is 4.61. The van der Waals surface area contributed by atoms with E-state index in [2.05, 4.69) is 56.0 Å². The van der Waals surface area contributed by atoms with Crippen molar-refractivity contribution in [2.24, 2.45) is 0 Å². The topological polar surface area (TPSA) is 68.0 Å². The third-order valence-corrected chi connectivity index (χ3v) is 6.77. The quantitative estimate of drug-likeness (QED) is 0.467. The van der Waals surface area contributed by atoms with Crippen LogP contribution in [-0.2, 0) is 12.2 Å². The fourth-order valence-corrected chi connectivity index (χ4v) is 4.98. The summed E-state index contributed by atoms with van der Waals surface area (Å²) in [5.41, 5.74) is 3.13. The van der Waals surface area contributed by atoms with Gasteiger partial charge in [-0.15, -0.1) is 21.5 Å². The number of rotatable bonds is 7. The van der Waals surface area contributed by atoms with Crippen LogP contribution in [0.25, 0.3) is 5.78 Å². The number of thiophene rings is 1. The van der Waals surface area contributed by atoms with Crippen LogP contribution < -0.4 is 5.32 Å². The summed E-state index contributed by atoms with van der Waals surface area (Å²) in [7, 11) is 0. The lowest BCUT2D eigenvalue weighted by Crippen LogP contribution is -2.03. The van der Waals surface area contributed by atoms with Gasteiger partial charge in [-0.1, -0.05) is 29.2 Å². The molecule has 4 heterocycles. The molecule has 26 heavy (non-hydrogen) atoms. The highest BCUT2D eigenvalue weighted by Gasteiger charge is 2.09. The van der Waals surface area contributed by atoms with E-state index < -0.39 is 0 Å². The Morgan fingerprint density at radius 3 is 3.00 bits per heavy atom. The minimum Gasteiger partial charge on any atom is -0.360 e. The largest absolute Gasteiger partial charge is 0.360 e. The van der Waals surface area contributed by atoms with Crippen LogP contribution in [0.15, 0.2) is 34.1 Å². The van der Waals surface area contributed by atoms with Gasteiger partial charge >= 0.3 is 0 Å². The van der Waals surface area contributed by atoms with Crippen LogP contribution in [0.3, 0.4) is 0 Å². The Kier molecular flexibility index (Phi) is 5.18. The van der Waals surface area contributed by atoms with Gasteiger partial charge in [-0.2, -0.15) is 0 Å². The summed E-state index contributed by atoms with van der Waals surface area (Å²) in [6, 6.07) is 6.29. The molecule has 0 aromatic carbocycles. The van der Waals surface area contributed by atoms with Crippen molar-refractivity contribution in [1.82, 2.24) is 24.6 Å². The predicted molar refractivity (Wildman–Crippen MR) is 108 cm³/mol. The average molecular weight is 403 g/mol. The highest BCUT2D eigenvalue weighted by Crippen LogP contribution is 2.28. The van der Waals surface area contributed by atoms with Crippen molar-refractivity contribution in [2.75, 3.05) is 11.9 Å². The molecule has 0 amide bonds. The molecule has 6 nitrogen and oxygen atoms in total. The lowest BCUT2D eigenvalue weighted by molar-refractivity contribution is 0.979. The maximum absolute atomic E-state index is 4.61. The number of hydrogen-bond donors (Lipinski definition) is 1. The fraction of sp³-hybridized carbons (Fsp3) is 0.294. The van der Waals surface area contributed by atoms with Gasteiger partial charge in [0.25, 0.3) is 0 Å². The summed E-state index contributed by atoms with van der Waals surface area (Å²) in [5.74, 6) is 1.51. The van der Waals surface area contributed by atoms with Gasteiger partial charge in [-0.05, 0) is 37.8 Å². The number of hydrogen-bond acceptors (Lipinski definition) is 8. The second kappa shape index (κ2) is 7.73. The van der Waals surface area contributed by atoms with Gasteiger partial charge in [-0.25, -0.2) is 9.97 Å². The summed E-state index contributed by atoms with van der Waals surface area (Å²) < 4.78 is 2.97. The highest BCUT2D eigenvalue weighted by molar-refractivity contribution is 8.00. The van der Waals surface area contributed by atoms with Crippen molar-refractivity contribution >= 4 is 45.3 Å². The third kappa shape index (κ3) is 4.05. The van der Waals surface area contributed by atoms with E-state index in [0.717, 1.165) is 51.0 Å². The zero-order valence-electron chi connectivity index (χ0n) is 14.5. The second-order valence-electron chi connectivity index (χ2n) is 5.86. The van der Waals surface area contributed by atoms with E-state index in [1.54, 1.807) is 34.4 Å². The molecular formula is C17H18N6S3. The van der Waals surface area contributed by atoms with Gasteiger partial charge in [0.05, 0.1) is 5.69 Å². The molecule has 0 spiro atoms. The molecule has 0 saturated carbocycles. The van der Waals surface area contributed by atoms with Crippen molar-refractivity contribution in [3.63, 3.8) is 0 Å². The van der Waals surface area contributed by atoms with Gasteiger partial charge < -0.3 is 5.32 Å². The molecule has 4 rings (SSSR count). The van der Waals surface area contributed by atoms with Crippen molar-refractivity contribution in [2.45, 2.75) is 30.4 Å². The lowest BCUT2D eigenvalue weighted by Gasteiger charge is -1.99. The molecule has 0 unspecified atom stereocenters. The summed E-state index contributed by atoms with van der Waals surface area (Å²) >= 11 is 5.02. The Morgan fingerprint density at radius 1 is 1.23 bits per heavy atom. The molecule has 0 atom stereocenters. The van der Waals surface area contributed by atoms with E-state index in [-0.39, 0.29) is 0 Å². The molecule has 0 aliphatic carbocycles. The van der Waals surface area contributed by atoms with E-state index in [4.69, 9.17) is 0 Å². The highest BCUT2D eigenvalue weighted by atomic mass is 32.2. The molecule has 0 radical (unpaired) electrons. The van der Waals surface area contributed by atoms with Crippen LogP contribution in [0.5, 0.6) is 0 Å². The van der Waals surface area contributed by atoms with Gasteiger partial charge in [0.15, 0.2) is 4.34 Å². The Balaban J connectivity index is 1.33. The van der Waals surface area contributed by atoms with Crippen LogP contribution >= 0.6 is 34.4 Å². The van der Waals surface area contributed by atoms with E-state index in [1.807, 2.05) is 17.5 Å². The van der Waals surface area contributed by atoms with Crippen LogP contribution in [0.1, 0.15) is 22.0 Å². The summed E-state index contributed by atoms with van der Waals surface area (Å²) in [4.78, 5) is 10.5. The monoisotopic (exact) mass is 402 g/mol. The molecule has 4 aromatic rings. The SMILES string of the molecule is Cc1cc(C)n2cc(CSc3nnc(NCCc4cccs4)s3)nc2n1. The number of thioether (sulfide) groups is 1. The molecule has 0 bridgehead atoms. The zero-order valence-corrected chi connectivity index (χ0v) is 16.9. The average Bonchev–Trinajstić information content (AvgIpc) is 3.33. The Morgan fingerprint density at radius 2 is 2.15 bits per heavy atom. The third-order valence-electron chi connectivity index (χ3n) is 3.79. The smallest absolute Gasteiger partial charge is 0.234 e. The first-order chi connectivity index (χ1) is 12.7. The minimum absolute atomic E-state index is 0.756. The summed E-state index contributed by atoms with van der Waals surface area (Å²) in [6.07, 6.45) is 3.05. The molecule has 0 aliphatic rings. The number of aryl methyl sites for hydroxylation is 2. The van der Waals surface area contributed by atoms with Crippen LogP contribution in [-0.4, -0.2) is 31.1 Å². The Hall–Kier alpha value is -1.97. The van der Waals surface area contributed by atoms with Crippen LogP contribution in [0, 0.1) is 13.8 Å². The normalized spacial score (nSPS) is 11.3. The fourth-order valence-electron chi connectivity index (χ4n) is 2.61. The van der Waals surface area contributed by atoms with Gasteiger partial charge in [0.1, 0.15) is 0 Å². The van der Waals surface area contributed by atoms with Crippen LogP contribution in [0.2, 0.25) is 0 Å². The predicted octanol–water partition coefficient (Wildman–Crippen LogP) is 4.21. The number of nitrogens with one attached hydrogen (secondary N) is 1. The first kappa shape index (κ1) is 17.4. The summed E-state index contributed by atoms with van der Waals surface area (Å²) in [5, 5.41) is 14.8. The Labute approximate surface area is 163 Å². The zero-order chi connectivity index (χ0) is 17.9.